The Balaban J connectivity index is 3.87. The molecule has 5 heteroatoms. The van der Waals surface area contributed by atoms with Crippen molar-refractivity contribution < 1.29 is 14.0 Å². The van der Waals surface area contributed by atoms with Crippen molar-refractivity contribution in [2.24, 2.45) is 0 Å². The fourth-order valence-corrected chi connectivity index (χ4v) is 4.27. The summed E-state index contributed by atoms with van der Waals surface area (Å²) in [5.41, 5.74) is -0.449. The number of hydrogen-bond donors (Lipinski definition) is 0. The standard InChI is InChI=1S/C22H43BrO3Si/c1-18(26-27(8,9)22(5,6)7)16-14-12-10-11-13-15-17-19(23)20(24)25-21(2,3)4/h17-18H,10-16H2,1-9H3/b19-17+. The van der Waals surface area contributed by atoms with Crippen LogP contribution in [0.3, 0.4) is 0 Å². The van der Waals surface area contributed by atoms with Gasteiger partial charge in [0.2, 0.25) is 0 Å². The van der Waals surface area contributed by atoms with Gasteiger partial charge in [-0.1, -0.05) is 52.5 Å². The van der Waals surface area contributed by atoms with Gasteiger partial charge in [-0.05, 0) is 81.0 Å². The molecule has 0 saturated heterocycles. The van der Waals surface area contributed by atoms with E-state index in [0.29, 0.717) is 10.6 Å². The van der Waals surface area contributed by atoms with Crippen molar-refractivity contribution in [2.45, 2.75) is 123 Å². The number of hydrogen-bond acceptors (Lipinski definition) is 3. The van der Waals surface area contributed by atoms with E-state index in [1.165, 1.54) is 25.7 Å². The average molecular weight is 464 g/mol. The Labute approximate surface area is 177 Å². The minimum absolute atomic E-state index is 0.279. The molecule has 0 aliphatic carbocycles. The van der Waals surface area contributed by atoms with E-state index >= 15 is 0 Å². The van der Waals surface area contributed by atoms with E-state index in [-0.39, 0.29) is 11.0 Å². The molecule has 0 saturated carbocycles. The SMILES string of the molecule is CC(CCCCCCC/C=C(/Br)C(=O)OC(C)(C)C)O[Si](C)(C)C(C)(C)C. The van der Waals surface area contributed by atoms with Crippen molar-refractivity contribution in [3.63, 3.8) is 0 Å². The molecule has 0 amide bonds. The molecule has 0 bridgehead atoms. The molecule has 0 spiro atoms. The third kappa shape index (κ3) is 12.8. The molecule has 0 N–H and O–H groups in total. The molecule has 0 aromatic rings. The van der Waals surface area contributed by atoms with Gasteiger partial charge in [-0.3, -0.25) is 0 Å². The van der Waals surface area contributed by atoms with Crippen molar-refractivity contribution in [1.82, 2.24) is 0 Å². The zero-order valence-corrected chi connectivity index (χ0v) is 21.8. The molecular weight excluding hydrogens is 420 g/mol. The molecule has 0 radical (unpaired) electrons. The van der Waals surface area contributed by atoms with Gasteiger partial charge >= 0.3 is 5.97 Å². The molecule has 0 aliphatic heterocycles. The maximum absolute atomic E-state index is 11.8. The molecule has 0 rings (SSSR count). The van der Waals surface area contributed by atoms with Gasteiger partial charge in [0.25, 0.3) is 0 Å². The van der Waals surface area contributed by atoms with Crippen LogP contribution in [-0.4, -0.2) is 26.0 Å². The molecule has 0 aliphatic rings. The highest BCUT2D eigenvalue weighted by Gasteiger charge is 2.38. The highest BCUT2D eigenvalue weighted by Crippen LogP contribution is 2.37. The minimum Gasteiger partial charge on any atom is -0.456 e. The quantitative estimate of drug-likeness (QED) is 0.136. The molecule has 3 nitrogen and oxygen atoms in total. The number of allylic oxidation sites excluding steroid dienone is 1. The zero-order valence-electron chi connectivity index (χ0n) is 19.2. The number of ether oxygens (including phenoxy) is 1. The summed E-state index contributed by atoms with van der Waals surface area (Å²) in [4.78, 5) is 11.8. The van der Waals surface area contributed by atoms with E-state index in [2.05, 4.69) is 56.7 Å². The van der Waals surface area contributed by atoms with Crippen molar-refractivity contribution in [2.75, 3.05) is 0 Å². The van der Waals surface area contributed by atoms with E-state index in [9.17, 15) is 4.79 Å². The van der Waals surface area contributed by atoms with E-state index in [0.717, 1.165) is 19.3 Å². The summed E-state index contributed by atoms with van der Waals surface area (Å²) in [5.74, 6) is -0.279. The number of carbonyl (C=O) groups excluding carboxylic acids is 1. The van der Waals surface area contributed by atoms with Crippen molar-refractivity contribution in [3.8, 4) is 0 Å². The lowest BCUT2D eigenvalue weighted by atomic mass is 10.1. The Morgan fingerprint density at radius 3 is 2.04 bits per heavy atom. The lowest BCUT2D eigenvalue weighted by Gasteiger charge is -2.38. The minimum atomic E-state index is -1.64. The summed E-state index contributed by atoms with van der Waals surface area (Å²) in [7, 11) is -1.64. The van der Waals surface area contributed by atoms with Crippen LogP contribution >= 0.6 is 15.9 Å². The zero-order chi connectivity index (χ0) is 21.3. The highest BCUT2D eigenvalue weighted by molar-refractivity contribution is 9.12. The van der Waals surface area contributed by atoms with Gasteiger partial charge in [-0.25, -0.2) is 4.79 Å². The molecule has 0 aromatic heterocycles. The van der Waals surface area contributed by atoms with Crippen LogP contribution in [0.25, 0.3) is 0 Å². The normalized spacial score (nSPS) is 15.0. The van der Waals surface area contributed by atoms with Gasteiger partial charge in [0.15, 0.2) is 8.32 Å². The molecule has 0 heterocycles. The summed E-state index contributed by atoms with van der Waals surface area (Å²) in [5, 5.41) is 0.280. The van der Waals surface area contributed by atoms with Gasteiger partial charge in [-0.15, -0.1) is 0 Å². The van der Waals surface area contributed by atoms with Crippen molar-refractivity contribution in [3.05, 3.63) is 10.6 Å². The summed E-state index contributed by atoms with van der Waals surface area (Å²) in [6.45, 7) is 19.4. The topological polar surface area (TPSA) is 35.5 Å². The first-order valence-corrected chi connectivity index (χ1v) is 14.1. The van der Waals surface area contributed by atoms with Gasteiger partial charge in [0, 0.05) is 6.10 Å². The van der Waals surface area contributed by atoms with Crippen LogP contribution < -0.4 is 0 Å². The van der Waals surface area contributed by atoms with Crippen LogP contribution in [0.2, 0.25) is 18.1 Å². The average Bonchev–Trinajstić information content (AvgIpc) is 2.46. The van der Waals surface area contributed by atoms with Crippen LogP contribution in [0, 0.1) is 0 Å². The van der Waals surface area contributed by atoms with E-state index in [1.807, 2.05) is 26.8 Å². The van der Waals surface area contributed by atoms with Gasteiger partial charge in [0.1, 0.15) is 5.60 Å². The molecule has 0 aromatic carbocycles. The number of rotatable bonds is 11. The third-order valence-electron chi connectivity index (χ3n) is 5.03. The number of carbonyl (C=O) groups is 1. The van der Waals surface area contributed by atoms with Gasteiger partial charge in [-0.2, -0.15) is 0 Å². The first-order chi connectivity index (χ1) is 12.2. The summed E-state index contributed by atoms with van der Waals surface area (Å²) >= 11 is 3.32. The highest BCUT2D eigenvalue weighted by atomic mass is 79.9. The molecular formula is C22H43BrO3Si. The Hall–Kier alpha value is -0.133. The molecule has 1 unspecified atom stereocenters. The van der Waals surface area contributed by atoms with Crippen LogP contribution in [0.15, 0.2) is 10.6 Å². The van der Waals surface area contributed by atoms with Gasteiger partial charge < -0.3 is 9.16 Å². The molecule has 160 valence electrons. The Morgan fingerprint density at radius 1 is 1.00 bits per heavy atom. The van der Waals surface area contributed by atoms with E-state index in [4.69, 9.17) is 9.16 Å². The molecule has 27 heavy (non-hydrogen) atoms. The largest absolute Gasteiger partial charge is 0.456 e. The summed E-state index contributed by atoms with van der Waals surface area (Å²) in [6.07, 6.45) is 10.4. The van der Waals surface area contributed by atoms with E-state index in [1.54, 1.807) is 0 Å². The fourth-order valence-electron chi connectivity index (χ4n) is 2.48. The lowest BCUT2D eigenvalue weighted by molar-refractivity contribution is -0.148. The lowest BCUT2D eigenvalue weighted by Crippen LogP contribution is -2.43. The van der Waals surface area contributed by atoms with E-state index < -0.39 is 13.9 Å². The number of halogens is 1. The second kappa shape index (κ2) is 11.8. The molecule has 0 fully saturated rings. The second-order valence-corrected chi connectivity index (χ2v) is 15.7. The predicted molar refractivity (Wildman–Crippen MR) is 123 cm³/mol. The summed E-state index contributed by atoms with van der Waals surface area (Å²) < 4.78 is 12.3. The van der Waals surface area contributed by atoms with Crippen LogP contribution in [0.1, 0.15) is 93.4 Å². The first kappa shape index (κ1) is 26.9. The smallest absolute Gasteiger partial charge is 0.345 e. The van der Waals surface area contributed by atoms with Crippen molar-refractivity contribution in [1.29, 1.82) is 0 Å². The maximum Gasteiger partial charge on any atom is 0.345 e. The first-order valence-electron chi connectivity index (χ1n) is 10.4. The van der Waals surface area contributed by atoms with Gasteiger partial charge in [0.05, 0.1) is 4.48 Å². The number of esters is 1. The fraction of sp³-hybridized carbons (Fsp3) is 0.864. The van der Waals surface area contributed by atoms with Crippen LogP contribution in [0.5, 0.6) is 0 Å². The predicted octanol–water partition coefficient (Wildman–Crippen LogP) is 7.75. The molecule has 1 atom stereocenters. The Bertz CT molecular complexity index is 473. The third-order valence-corrected chi connectivity index (χ3v) is 10.3. The van der Waals surface area contributed by atoms with Crippen LogP contribution in [0.4, 0.5) is 0 Å². The number of unbranched alkanes of at least 4 members (excludes halogenated alkanes) is 5. The van der Waals surface area contributed by atoms with Crippen molar-refractivity contribution >= 4 is 30.2 Å². The Kier molecular flexibility index (Phi) is 11.7. The maximum atomic E-state index is 11.8. The van der Waals surface area contributed by atoms with Crippen LogP contribution in [-0.2, 0) is 14.0 Å². The monoisotopic (exact) mass is 462 g/mol. The second-order valence-electron chi connectivity index (χ2n) is 10.1. The summed E-state index contributed by atoms with van der Waals surface area (Å²) in [6, 6.07) is 0. The Morgan fingerprint density at radius 2 is 1.52 bits per heavy atom.